The molecule has 1 aliphatic rings. The van der Waals surface area contributed by atoms with Gasteiger partial charge in [0.05, 0.1) is 22.8 Å². The third-order valence-electron chi connectivity index (χ3n) is 6.15. The second kappa shape index (κ2) is 7.79. The van der Waals surface area contributed by atoms with Gasteiger partial charge in [-0.05, 0) is 25.0 Å². The van der Waals surface area contributed by atoms with E-state index in [4.69, 9.17) is 9.97 Å². The summed E-state index contributed by atoms with van der Waals surface area (Å²) in [5.41, 5.74) is 6.61. The van der Waals surface area contributed by atoms with Gasteiger partial charge in [-0.25, -0.2) is 0 Å². The summed E-state index contributed by atoms with van der Waals surface area (Å²) in [4.78, 5) is 18.7. The van der Waals surface area contributed by atoms with Gasteiger partial charge in [-0.2, -0.15) is 0 Å². The third kappa shape index (κ3) is 3.28. The number of aromatic nitrogens is 4. The molecule has 0 aliphatic heterocycles. The number of nitrogens with zero attached hydrogens (tertiary/aromatic N) is 4. The second-order valence-electron chi connectivity index (χ2n) is 8.10. The van der Waals surface area contributed by atoms with E-state index < -0.39 is 0 Å². The molecule has 2 aromatic heterocycles. The van der Waals surface area contributed by atoms with Crippen molar-refractivity contribution in [1.82, 2.24) is 19.9 Å². The largest absolute Gasteiger partial charge is 0.261 e. The Morgan fingerprint density at radius 1 is 0.500 bits per heavy atom. The maximum atomic E-state index is 4.89. The summed E-state index contributed by atoms with van der Waals surface area (Å²) >= 11 is 0. The van der Waals surface area contributed by atoms with Gasteiger partial charge in [-0.15, -0.1) is 0 Å². The van der Waals surface area contributed by atoms with Gasteiger partial charge in [0.1, 0.15) is 0 Å². The van der Waals surface area contributed by atoms with Crippen molar-refractivity contribution in [3.05, 3.63) is 119 Å². The minimum atomic E-state index is 0.195. The third-order valence-corrected chi connectivity index (χ3v) is 6.15. The highest BCUT2D eigenvalue weighted by molar-refractivity contribution is 5.44. The fourth-order valence-electron chi connectivity index (χ4n) is 4.95. The van der Waals surface area contributed by atoms with Crippen LogP contribution in [-0.2, 0) is 0 Å². The Hall–Kier alpha value is -3.40. The van der Waals surface area contributed by atoms with Crippen LogP contribution in [0, 0.1) is 13.8 Å². The predicted molar refractivity (Wildman–Crippen MR) is 117 cm³/mol. The van der Waals surface area contributed by atoms with Gasteiger partial charge < -0.3 is 0 Å². The summed E-state index contributed by atoms with van der Waals surface area (Å²) in [6.45, 7) is 4.01. The Morgan fingerprint density at radius 3 is 1.27 bits per heavy atom. The minimum Gasteiger partial charge on any atom is -0.261 e. The summed E-state index contributed by atoms with van der Waals surface area (Å²) < 4.78 is 0. The Bertz CT molecular complexity index is 1050. The molecule has 0 radical (unpaired) electrons. The molecular weight excluding hydrogens is 368 g/mol. The van der Waals surface area contributed by atoms with Gasteiger partial charge in [-0.3, -0.25) is 19.9 Å². The van der Waals surface area contributed by atoms with Crippen molar-refractivity contribution in [2.75, 3.05) is 0 Å². The zero-order valence-electron chi connectivity index (χ0n) is 17.2. The highest BCUT2D eigenvalue weighted by Gasteiger charge is 2.54. The van der Waals surface area contributed by atoms with Crippen LogP contribution in [0.5, 0.6) is 0 Å². The molecule has 2 aromatic carbocycles. The maximum absolute atomic E-state index is 4.89. The number of benzene rings is 2. The van der Waals surface area contributed by atoms with Crippen molar-refractivity contribution in [3.8, 4) is 0 Å². The molecule has 5 rings (SSSR count). The van der Waals surface area contributed by atoms with E-state index in [0.29, 0.717) is 11.8 Å². The van der Waals surface area contributed by atoms with Crippen LogP contribution in [0.1, 0.15) is 57.6 Å². The monoisotopic (exact) mass is 392 g/mol. The molecule has 1 fully saturated rings. The van der Waals surface area contributed by atoms with E-state index in [1.54, 1.807) is 0 Å². The number of aryl methyl sites for hydroxylation is 2. The van der Waals surface area contributed by atoms with E-state index in [2.05, 4.69) is 70.6 Å². The molecule has 0 bridgehead atoms. The first kappa shape index (κ1) is 18.6. The average Bonchev–Trinajstić information content (AvgIpc) is 2.75. The second-order valence-corrected chi connectivity index (χ2v) is 8.10. The van der Waals surface area contributed by atoms with Crippen molar-refractivity contribution < 1.29 is 0 Å². The highest BCUT2D eigenvalue weighted by Crippen LogP contribution is 2.65. The van der Waals surface area contributed by atoms with E-state index in [0.717, 1.165) is 22.8 Å². The van der Waals surface area contributed by atoms with Crippen LogP contribution in [-0.4, -0.2) is 19.9 Å². The lowest BCUT2D eigenvalue weighted by Gasteiger charge is -2.52. The smallest absolute Gasteiger partial charge is 0.0634 e. The van der Waals surface area contributed by atoms with Crippen LogP contribution in [0.4, 0.5) is 0 Å². The topological polar surface area (TPSA) is 51.6 Å². The molecule has 0 N–H and O–H groups in total. The van der Waals surface area contributed by atoms with E-state index in [1.165, 1.54) is 11.1 Å². The highest BCUT2D eigenvalue weighted by atomic mass is 14.8. The van der Waals surface area contributed by atoms with Crippen molar-refractivity contribution in [3.63, 3.8) is 0 Å². The normalized spacial score (nSPS) is 23.0. The van der Waals surface area contributed by atoms with E-state index in [1.807, 2.05) is 38.6 Å². The molecule has 2 heterocycles. The average molecular weight is 393 g/mol. The van der Waals surface area contributed by atoms with Crippen LogP contribution >= 0.6 is 0 Å². The standard InChI is InChI=1S/C26H24N4/c1-17-13-27-15-21(29-17)25-23(19-9-5-3-6-10-19)24(20-11-7-4-8-12-20)26(25)22-16-28-14-18(2)30-22/h3-16,23-26H,1-2H3/t23-,24+,25+,26-. The molecule has 4 heteroatoms. The lowest BCUT2D eigenvalue weighted by atomic mass is 9.51. The summed E-state index contributed by atoms with van der Waals surface area (Å²) in [6, 6.07) is 21.6. The quantitative estimate of drug-likeness (QED) is 0.471. The molecule has 0 spiro atoms. The predicted octanol–water partition coefficient (Wildman–Crippen LogP) is 5.33. The van der Waals surface area contributed by atoms with Crippen molar-refractivity contribution in [2.45, 2.75) is 37.5 Å². The summed E-state index contributed by atoms with van der Waals surface area (Å²) in [7, 11) is 0. The maximum Gasteiger partial charge on any atom is 0.0634 e. The molecule has 0 saturated heterocycles. The molecular formula is C26H24N4. The van der Waals surface area contributed by atoms with Crippen LogP contribution in [0.25, 0.3) is 0 Å². The first-order valence-electron chi connectivity index (χ1n) is 10.4. The van der Waals surface area contributed by atoms with E-state index >= 15 is 0 Å². The lowest BCUT2D eigenvalue weighted by Crippen LogP contribution is -2.41. The Morgan fingerprint density at radius 2 is 0.900 bits per heavy atom. The van der Waals surface area contributed by atoms with Crippen LogP contribution in [0.15, 0.2) is 85.5 Å². The molecule has 30 heavy (non-hydrogen) atoms. The van der Waals surface area contributed by atoms with Gasteiger partial charge >= 0.3 is 0 Å². The first-order chi connectivity index (χ1) is 14.7. The molecule has 0 amide bonds. The van der Waals surface area contributed by atoms with Gasteiger partial charge in [0.2, 0.25) is 0 Å². The molecule has 4 atom stereocenters. The van der Waals surface area contributed by atoms with Crippen molar-refractivity contribution in [2.24, 2.45) is 0 Å². The Labute approximate surface area is 177 Å². The molecule has 4 nitrogen and oxygen atoms in total. The van der Waals surface area contributed by atoms with Gasteiger partial charge in [0.25, 0.3) is 0 Å². The molecule has 4 aromatic rings. The van der Waals surface area contributed by atoms with Gasteiger partial charge in [0.15, 0.2) is 0 Å². The molecule has 1 aliphatic carbocycles. The number of hydrogen-bond donors (Lipinski definition) is 0. The fourth-order valence-corrected chi connectivity index (χ4v) is 4.95. The minimum absolute atomic E-state index is 0.195. The van der Waals surface area contributed by atoms with Crippen LogP contribution < -0.4 is 0 Å². The fraction of sp³-hybridized carbons (Fsp3) is 0.231. The first-order valence-corrected chi connectivity index (χ1v) is 10.4. The van der Waals surface area contributed by atoms with Gasteiger partial charge in [0, 0.05) is 48.5 Å². The van der Waals surface area contributed by atoms with Crippen molar-refractivity contribution in [1.29, 1.82) is 0 Å². The summed E-state index contributed by atoms with van der Waals surface area (Å²) in [5, 5.41) is 0. The molecule has 1 saturated carbocycles. The van der Waals surface area contributed by atoms with Gasteiger partial charge in [-0.1, -0.05) is 60.7 Å². The zero-order valence-corrected chi connectivity index (χ0v) is 17.2. The Kier molecular flexibility index (Phi) is 4.83. The van der Waals surface area contributed by atoms with Crippen LogP contribution in [0.2, 0.25) is 0 Å². The Balaban J connectivity index is 1.69. The summed E-state index contributed by atoms with van der Waals surface area (Å²) in [5.74, 6) is 0.997. The SMILES string of the molecule is Cc1cncc([C@@H]2[C@@H](c3ccccc3)[C@@H](c3ccccc3)[C@@H]2c2cncc(C)n2)n1. The van der Waals surface area contributed by atoms with E-state index in [-0.39, 0.29) is 11.8 Å². The van der Waals surface area contributed by atoms with Crippen molar-refractivity contribution >= 4 is 0 Å². The number of rotatable bonds is 4. The van der Waals surface area contributed by atoms with E-state index in [9.17, 15) is 0 Å². The molecule has 0 unspecified atom stereocenters. The zero-order chi connectivity index (χ0) is 20.5. The lowest BCUT2D eigenvalue weighted by molar-refractivity contribution is 0.218. The number of hydrogen-bond acceptors (Lipinski definition) is 4. The summed E-state index contributed by atoms with van der Waals surface area (Å²) in [6.07, 6.45) is 7.47. The molecule has 148 valence electrons. The van der Waals surface area contributed by atoms with Crippen LogP contribution in [0.3, 0.4) is 0 Å².